The van der Waals surface area contributed by atoms with Gasteiger partial charge in [-0.2, -0.15) is 13.2 Å². The number of hydrogen-bond donors (Lipinski definition) is 5. The molecule has 18 heteroatoms. The van der Waals surface area contributed by atoms with Gasteiger partial charge in [0.2, 0.25) is 17.7 Å². The van der Waals surface area contributed by atoms with Gasteiger partial charge in [-0.25, -0.2) is 18.2 Å². The highest BCUT2D eigenvalue weighted by Gasteiger charge is 2.38. The maximum Gasteiger partial charge on any atom is 0.490 e. The zero-order valence-electron chi connectivity index (χ0n) is 30.8. The second-order valence-electron chi connectivity index (χ2n) is 13.5. The molecule has 2 aliphatic rings. The van der Waals surface area contributed by atoms with E-state index in [1.54, 1.807) is 45.9 Å². The summed E-state index contributed by atoms with van der Waals surface area (Å²) in [6.07, 6.45) is -3.76. The minimum absolute atomic E-state index is 0.0373. The van der Waals surface area contributed by atoms with E-state index in [0.717, 1.165) is 16.7 Å². The second kappa shape index (κ2) is 16.7. The Morgan fingerprint density at radius 3 is 2.18 bits per heavy atom. The molecule has 0 fully saturated rings. The van der Waals surface area contributed by atoms with Crippen LogP contribution in [-0.4, -0.2) is 70.1 Å². The molecule has 0 saturated carbocycles. The zero-order valence-corrected chi connectivity index (χ0v) is 31.6. The number of fused-ring (bicyclic) bond motifs is 10. The largest absolute Gasteiger partial charge is 0.490 e. The van der Waals surface area contributed by atoms with Crippen molar-refractivity contribution in [1.29, 1.82) is 0 Å². The van der Waals surface area contributed by atoms with Gasteiger partial charge in [-0.1, -0.05) is 26.0 Å². The fourth-order valence-electron chi connectivity index (χ4n) is 5.82. The van der Waals surface area contributed by atoms with Crippen LogP contribution in [0.2, 0.25) is 0 Å². The number of carboxylic acids is 1. The SMILES string of the molecule is Cc1cc2cc(C)c1CN(C(=O)C(C)C)CC(=O)Nc1ccc(S(=O)(=O)C(C)C)c(c1)CNC(=O)C2Nc1ccc2nc[nH]c(=O)c2c1.O=C(O)C(F)(F)F. The highest BCUT2D eigenvalue weighted by molar-refractivity contribution is 7.92. The third-order valence-electron chi connectivity index (χ3n) is 8.72. The number of alkyl halides is 3. The summed E-state index contributed by atoms with van der Waals surface area (Å²) in [4.78, 5) is 70.4. The fraction of sp³-hybridized carbons (Fsp3) is 0.351. The third kappa shape index (κ3) is 10.1. The monoisotopic (exact) mass is 786 g/mol. The van der Waals surface area contributed by atoms with Gasteiger partial charge >= 0.3 is 12.1 Å². The summed E-state index contributed by atoms with van der Waals surface area (Å²) < 4.78 is 58.4. The predicted octanol–water partition coefficient (Wildman–Crippen LogP) is 4.76. The van der Waals surface area contributed by atoms with Crippen LogP contribution in [0.1, 0.15) is 61.6 Å². The Kier molecular flexibility index (Phi) is 12.7. The summed E-state index contributed by atoms with van der Waals surface area (Å²) in [7, 11) is -3.76. The topological polar surface area (TPSA) is 208 Å². The number of nitrogens with one attached hydrogen (secondary N) is 4. The number of carbonyl (C=O) groups is 4. The van der Waals surface area contributed by atoms with E-state index in [1.807, 2.05) is 26.0 Å². The first-order valence-corrected chi connectivity index (χ1v) is 18.5. The normalized spacial score (nSPS) is 15.3. The number of aryl methyl sites for hydroxylation is 2. The van der Waals surface area contributed by atoms with E-state index in [4.69, 9.17) is 9.90 Å². The Balaban J connectivity index is 0.000000876. The Morgan fingerprint density at radius 1 is 0.964 bits per heavy atom. The van der Waals surface area contributed by atoms with E-state index in [1.165, 1.54) is 29.4 Å². The van der Waals surface area contributed by atoms with Crippen LogP contribution in [0.15, 0.2) is 64.5 Å². The standard InChI is InChI=1S/C35H40N6O6S.C2HF3O2/c1-19(2)35(45)41-16-28-21(5)11-23(12-22(28)6)32(40-26-7-9-29-27(14-26)33(43)38-18-37-29)34(44)36-15-24-13-25(39-31(42)17-41)8-10-30(24)48(46,47)20(3)4;3-2(4,5)1(6)7/h7-14,18-20,32,40H,15-17H2,1-6H3,(H,36,44)(H,39,42)(H,37,38,43);(H,6,7). The van der Waals surface area contributed by atoms with Crippen molar-refractivity contribution in [2.24, 2.45) is 5.92 Å². The molecule has 5 N–H and O–H groups in total. The van der Waals surface area contributed by atoms with Gasteiger partial charge < -0.3 is 30.9 Å². The number of hydrogen-bond acceptors (Lipinski definition) is 9. The van der Waals surface area contributed by atoms with Gasteiger partial charge in [-0.15, -0.1) is 0 Å². The van der Waals surface area contributed by atoms with Crippen molar-refractivity contribution in [2.75, 3.05) is 17.2 Å². The third-order valence-corrected chi connectivity index (χ3v) is 11.0. The summed E-state index contributed by atoms with van der Waals surface area (Å²) in [5.41, 5.74) is 4.38. The zero-order chi connectivity index (χ0) is 41.0. The van der Waals surface area contributed by atoms with Crippen LogP contribution in [0.25, 0.3) is 10.9 Å². The molecular formula is C37H41F3N6O8S. The summed E-state index contributed by atoms with van der Waals surface area (Å²) in [6, 6.07) is 12.2. The average molecular weight is 787 g/mol. The maximum atomic E-state index is 14.1. The number of benzene rings is 3. The molecule has 0 aliphatic carbocycles. The second-order valence-corrected chi connectivity index (χ2v) is 16.0. The minimum atomic E-state index is -5.08. The summed E-state index contributed by atoms with van der Waals surface area (Å²) in [5, 5.41) is 15.7. The molecule has 3 amide bonds. The van der Waals surface area contributed by atoms with Crippen molar-refractivity contribution >= 4 is 55.8 Å². The number of amides is 3. The van der Waals surface area contributed by atoms with Crippen LogP contribution in [0.5, 0.6) is 0 Å². The molecule has 0 spiro atoms. The summed E-state index contributed by atoms with van der Waals surface area (Å²) in [6.45, 7) is 10.3. The maximum absolute atomic E-state index is 14.1. The number of sulfone groups is 1. The Labute approximate surface area is 314 Å². The number of carboxylic acid groups (broad SMARTS) is 1. The minimum Gasteiger partial charge on any atom is -0.475 e. The lowest BCUT2D eigenvalue weighted by Crippen LogP contribution is -2.40. The van der Waals surface area contributed by atoms with E-state index in [2.05, 4.69) is 25.9 Å². The quantitative estimate of drug-likeness (QED) is 0.187. The van der Waals surface area contributed by atoms with E-state index in [0.29, 0.717) is 33.4 Å². The molecule has 1 unspecified atom stereocenters. The van der Waals surface area contributed by atoms with Gasteiger partial charge in [0.05, 0.1) is 27.4 Å². The smallest absolute Gasteiger partial charge is 0.475 e. The first kappa shape index (κ1) is 42.0. The molecule has 3 heterocycles. The molecule has 294 valence electrons. The van der Waals surface area contributed by atoms with E-state index < -0.39 is 45.1 Å². The lowest BCUT2D eigenvalue weighted by atomic mass is 9.94. The van der Waals surface area contributed by atoms with Crippen LogP contribution in [0.3, 0.4) is 0 Å². The number of carbonyl (C=O) groups excluding carboxylic acids is 3. The van der Waals surface area contributed by atoms with Crippen molar-refractivity contribution < 1.29 is 45.9 Å². The van der Waals surface area contributed by atoms with Crippen molar-refractivity contribution in [1.82, 2.24) is 20.2 Å². The molecule has 4 aromatic rings. The molecule has 6 rings (SSSR count). The molecule has 4 bridgehead atoms. The number of aliphatic carboxylic acids is 1. The van der Waals surface area contributed by atoms with Gasteiger partial charge in [0.15, 0.2) is 9.84 Å². The Bertz CT molecular complexity index is 2290. The van der Waals surface area contributed by atoms with Gasteiger partial charge in [-0.05, 0) is 91.9 Å². The number of H-pyrrole nitrogens is 1. The fourth-order valence-corrected chi connectivity index (χ4v) is 7.08. The lowest BCUT2D eigenvalue weighted by molar-refractivity contribution is -0.192. The van der Waals surface area contributed by atoms with Gasteiger partial charge in [-0.3, -0.25) is 19.2 Å². The highest BCUT2D eigenvalue weighted by Crippen LogP contribution is 2.29. The van der Waals surface area contributed by atoms with Crippen LogP contribution in [0, 0.1) is 19.8 Å². The molecule has 1 atom stereocenters. The number of halogens is 3. The van der Waals surface area contributed by atoms with Crippen LogP contribution >= 0.6 is 0 Å². The summed E-state index contributed by atoms with van der Waals surface area (Å²) >= 11 is 0. The number of rotatable bonds is 5. The van der Waals surface area contributed by atoms with E-state index in [9.17, 15) is 40.8 Å². The molecule has 14 nitrogen and oxygen atoms in total. The molecule has 0 saturated heterocycles. The highest BCUT2D eigenvalue weighted by atomic mass is 32.2. The van der Waals surface area contributed by atoms with Gasteiger partial charge in [0.1, 0.15) is 12.6 Å². The Morgan fingerprint density at radius 2 is 1.60 bits per heavy atom. The predicted molar refractivity (Wildman–Crippen MR) is 198 cm³/mol. The first-order chi connectivity index (χ1) is 25.6. The molecule has 2 aliphatic heterocycles. The van der Waals surface area contributed by atoms with Crippen molar-refractivity contribution in [3.8, 4) is 0 Å². The van der Waals surface area contributed by atoms with Crippen LogP contribution in [-0.2, 0) is 42.1 Å². The first-order valence-electron chi connectivity index (χ1n) is 17.0. The van der Waals surface area contributed by atoms with E-state index >= 15 is 0 Å². The number of nitrogens with zero attached hydrogens (tertiary/aromatic N) is 2. The summed E-state index contributed by atoms with van der Waals surface area (Å²) in [5.74, 6) is -4.21. The molecule has 1 aromatic heterocycles. The molecule has 55 heavy (non-hydrogen) atoms. The number of anilines is 2. The van der Waals surface area contributed by atoms with Crippen molar-refractivity contribution in [3.63, 3.8) is 0 Å². The van der Waals surface area contributed by atoms with Crippen molar-refractivity contribution in [3.05, 3.63) is 93.0 Å². The van der Waals surface area contributed by atoms with E-state index in [-0.39, 0.29) is 41.9 Å². The average Bonchev–Trinajstić information content (AvgIpc) is 3.09. The molecule has 0 radical (unpaired) electrons. The Hall–Kier alpha value is -5.78. The van der Waals surface area contributed by atoms with Crippen molar-refractivity contribution in [2.45, 2.75) is 77.0 Å². The van der Waals surface area contributed by atoms with Gasteiger partial charge in [0.25, 0.3) is 5.56 Å². The van der Waals surface area contributed by atoms with Crippen LogP contribution in [0.4, 0.5) is 24.5 Å². The molecule has 3 aromatic carbocycles. The molecular weight excluding hydrogens is 746 g/mol. The lowest BCUT2D eigenvalue weighted by Gasteiger charge is -2.27. The van der Waals surface area contributed by atoms with Gasteiger partial charge in [0, 0.05) is 30.4 Å². The number of aromatic amines is 1. The number of aromatic nitrogens is 2. The van der Waals surface area contributed by atoms with Crippen LogP contribution < -0.4 is 21.5 Å².